The maximum atomic E-state index is 13.4. The smallest absolute Gasteiger partial charge is 0.274 e. The van der Waals surface area contributed by atoms with Crippen molar-refractivity contribution >= 4 is 35.0 Å². The number of halogens is 2. The molecule has 1 fully saturated rings. The Labute approximate surface area is 196 Å². The third kappa shape index (κ3) is 3.78. The van der Waals surface area contributed by atoms with Gasteiger partial charge in [-0.05, 0) is 49.6 Å². The highest BCUT2D eigenvalue weighted by atomic mass is 35.5. The van der Waals surface area contributed by atoms with Crippen LogP contribution in [0.15, 0.2) is 48.5 Å². The zero-order chi connectivity index (χ0) is 22.2. The zero-order valence-electron chi connectivity index (χ0n) is 17.4. The average Bonchev–Trinajstić information content (AvgIpc) is 3.42. The van der Waals surface area contributed by atoms with Crippen molar-refractivity contribution in [1.29, 1.82) is 0 Å². The highest BCUT2D eigenvalue weighted by Gasteiger charge is 2.32. The highest BCUT2D eigenvalue weighted by Crippen LogP contribution is 2.29. The van der Waals surface area contributed by atoms with Crippen LogP contribution in [0.25, 0.3) is 5.69 Å². The van der Waals surface area contributed by atoms with Gasteiger partial charge in [-0.3, -0.25) is 9.59 Å². The molecule has 0 bridgehead atoms. The summed E-state index contributed by atoms with van der Waals surface area (Å²) in [5, 5.41) is 5.54. The van der Waals surface area contributed by atoms with Gasteiger partial charge in [0.2, 0.25) is 0 Å². The van der Waals surface area contributed by atoms with Gasteiger partial charge in [0.1, 0.15) is 0 Å². The van der Waals surface area contributed by atoms with Crippen LogP contribution in [0.3, 0.4) is 0 Å². The van der Waals surface area contributed by atoms with E-state index < -0.39 is 0 Å². The lowest BCUT2D eigenvalue weighted by atomic mass is 10.1. The Hall–Kier alpha value is -2.83. The molecule has 3 aromatic rings. The molecule has 0 unspecified atom stereocenters. The molecule has 0 atom stereocenters. The zero-order valence-corrected chi connectivity index (χ0v) is 18.9. The predicted molar refractivity (Wildman–Crippen MR) is 124 cm³/mol. The molecule has 6 nitrogen and oxygen atoms in total. The topological polar surface area (TPSA) is 58.4 Å². The second-order valence-electron chi connectivity index (χ2n) is 8.08. The van der Waals surface area contributed by atoms with Crippen molar-refractivity contribution in [2.45, 2.75) is 19.3 Å². The fraction of sp³-hybridized carbons (Fsp3) is 0.292. The number of aromatic nitrogens is 2. The molecule has 5 rings (SSSR count). The van der Waals surface area contributed by atoms with Crippen LogP contribution in [0.5, 0.6) is 0 Å². The Kier molecular flexibility index (Phi) is 5.66. The van der Waals surface area contributed by atoms with E-state index in [1.807, 2.05) is 35.0 Å². The summed E-state index contributed by atoms with van der Waals surface area (Å²) in [6.07, 6.45) is 2.83. The van der Waals surface area contributed by atoms with E-state index in [-0.39, 0.29) is 11.8 Å². The molecule has 0 spiro atoms. The summed E-state index contributed by atoms with van der Waals surface area (Å²) < 4.78 is 1.91. The first-order chi connectivity index (χ1) is 15.5. The number of carbonyl (C=O) groups is 2. The van der Waals surface area contributed by atoms with E-state index in [4.69, 9.17) is 28.3 Å². The van der Waals surface area contributed by atoms with Gasteiger partial charge in [-0.25, -0.2) is 4.68 Å². The summed E-state index contributed by atoms with van der Waals surface area (Å²) in [5.74, 6) is -0.206. The molecule has 0 saturated carbocycles. The Morgan fingerprint density at radius 1 is 0.844 bits per heavy atom. The number of nitrogens with zero attached hydrogens (tertiary/aromatic N) is 4. The standard InChI is InChI=1S/C24H22Cl2N4O2/c25-16-9-10-18(20(26)15-16)23(31)28-11-13-29(14-12-28)24(32)22-19-7-4-8-21(19)30(27-22)17-5-2-1-3-6-17/h1-3,5-6,9-10,15H,4,7-8,11-14H2. The number of para-hydroxylation sites is 1. The van der Waals surface area contributed by atoms with Gasteiger partial charge in [-0.15, -0.1) is 0 Å². The fourth-order valence-electron chi connectivity index (χ4n) is 4.49. The number of hydrogen-bond acceptors (Lipinski definition) is 3. The minimum absolute atomic E-state index is 0.0607. The maximum absolute atomic E-state index is 13.4. The molecule has 1 aliphatic carbocycles. The van der Waals surface area contributed by atoms with Crippen LogP contribution in [0.1, 0.15) is 38.5 Å². The van der Waals surface area contributed by atoms with Gasteiger partial charge in [-0.2, -0.15) is 5.10 Å². The largest absolute Gasteiger partial charge is 0.335 e. The maximum Gasteiger partial charge on any atom is 0.274 e. The lowest BCUT2D eigenvalue weighted by Gasteiger charge is -2.34. The van der Waals surface area contributed by atoms with Crippen LogP contribution in [-0.4, -0.2) is 57.6 Å². The number of fused-ring (bicyclic) bond motifs is 1. The summed E-state index contributed by atoms with van der Waals surface area (Å²) in [5.41, 5.74) is 4.13. The molecule has 2 heterocycles. The number of hydrogen-bond donors (Lipinski definition) is 0. The minimum atomic E-state index is -0.145. The van der Waals surface area contributed by atoms with Crippen molar-refractivity contribution in [2.75, 3.05) is 26.2 Å². The van der Waals surface area contributed by atoms with Crippen molar-refractivity contribution < 1.29 is 9.59 Å². The summed E-state index contributed by atoms with van der Waals surface area (Å²) in [4.78, 5) is 29.7. The van der Waals surface area contributed by atoms with Crippen LogP contribution >= 0.6 is 23.2 Å². The summed E-state index contributed by atoms with van der Waals surface area (Å²) in [6.45, 7) is 1.82. The molecule has 1 saturated heterocycles. The second kappa shape index (κ2) is 8.60. The van der Waals surface area contributed by atoms with Gasteiger partial charge in [0.05, 0.1) is 16.3 Å². The van der Waals surface area contributed by atoms with E-state index in [1.54, 1.807) is 28.0 Å². The summed E-state index contributed by atoms with van der Waals surface area (Å²) in [7, 11) is 0. The van der Waals surface area contributed by atoms with Gasteiger partial charge in [0.15, 0.2) is 5.69 Å². The van der Waals surface area contributed by atoms with Crippen LogP contribution in [0.4, 0.5) is 0 Å². The van der Waals surface area contributed by atoms with Crippen molar-refractivity contribution in [3.05, 3.63) is 81.1 Å². The lowest BCUT2D eigenvalue weighted by Crippen LogP contribution is -2.50. The predicted octanol–water partition coefficient (Wildman–Crippen LogP) is 4.27. The van der Waals surface area contributed by atoms with E-state index in [9.17, 15) is 9.59 Å². The SMILES string of the molecule is O=C(c1ccc(Cl)cc1Cl)N1CCN(C(=O)c2nn(-c3ccccc3)c3c2CCC3)CC1. The third-order valence-corrected chi connectivity index (χ3v) is 6.70. The van der Waals surface area contributed by atoms with Crippen molar-refractivity contribution in [3.63, 3.8) is 0 Å². The first-order valence-electron chi connectivity index (χ1n) is 10.7. The lowest BCUT2D eigenvalue weighted by molar-refractivity contribution is 0.0531. The molecule has 0 radical (unpaired) electrons. The monoisotopic (exact) mass is 468 g/mol. The molecule has 2 amide bonds. The highest BCUT2D eigenvalue weighted by molar-refractivity contribution is 6.36. The van der Waals surface area contributed by atoms with Gasteiger partial charge in [0, 0.05) is 42.5 Å². The van der Waals surface area contributed by atoms with E-state index in [2.05, 4.69) is 0 Å². The van der Waals surface area contributed by atoms with E-state index in [1.165, 1.54) is 0 Å². The Bertz CT molecular complexity index is 1180. The Balaban J connectivity index is 1.32. The Morgan fingerprint density at radius 3 is 2.22 bits per heavy atom. The van der Waals surface area contributed by atoms with E-state index >= 15 is 0 Å². The normalized spacial score (nSPS) is 15.7. The number of piperazine rings is 1. The molecule has 2 aliphatic rings. The van der Waals surface area contributed by atoms with Crippen LogP contribution < -0.4 is 0 Å². The minimum Gasteiger partial charge on any atom is -0.335 e. The number of benzene rings is 2. The van der Waals surface area contributed by atoms with Crippen molar-refractivity contribution in [1.82, 2.24) is 19.6 Å². The van der Waals surface area contributed by atoms with Gasteiger partial charge in [0.25, 0.3) is 11.8 Å². The average molecular weight is 469 g/mol. The quantitative estimate of drug-likeness (QED) is 0.576. The third-order valence-electron chi connectivity index (χ3n) is 6.15. The fourth-order valence-corrected chi connectivity index (χ4v) is 4.98. The van der Waals surface area contributed by atoms with Gasteiger partial charge >= 0.3 is 0 Å². The molecule has 1 aliphatic heterocycles. The molecular weight excluding hydrogens is 447 g/mol. The Morgan fingerprint density at radius 2 is 1.53 bits per heavy atom. The first-order valence-corrected chi connectivity index (χ1v) is 11.5. The molecule has 1 aromatic heterocycles. The number of rotatable bonds is 3. The number of carbonyl (C=O) groups excluding carboxylic acids is 2. The van der Waals surface area contributed by atoms with Crippen molar-refractivity contribution in [3.8, 4) is 5.69 Å². The molecule has 8 heteroatoms. The molecule has 32 heavy (non-hydrogen) atoms. The second-order valence-corrected chi connectivity index (χ2v) is 8.93. The van der Waals surface area contributed by atoms with Crippen molar-refractivity contribution in [2.24, 2.45) is 0 Å². The van der Waals surface area contributed by atoms with Gasteiger partial charge in [-0.1, -0.05) is 41.4 Å². The molecule has 2 aromatic carbocycles. The first kappa shape index (κ1) is 21.0. The van der Waals surface area contributed by atoms with Crippen LogP contribution in [0, 0.1) is 0 Å². The summed E-state index contributed by atoms with van der Waals surface area (Å²) >= 11 is 12.1. The molecule has 0 N–H and O–H groups in total. The van der Waals surface area contributed by atoms with Crippen LogP contribution in [0.2, 0.25) is 10.0 Å². The van der Waals surface area contributed by atoms with E-state index in [0.717, 1.165) is 36.2 Å². The van der Waals surface area contributed by atoms with Gasteiger partial charge < -0.3 is 9.80 Å². The molecule has 164 valence electrons. The van der Waals surface area contributed by atoms with Crippen LogP contribution in [-0.2, 0) is 12.8 Å². The van der Waals surface area contributed by atoms with E-state index in [0.29, 0.717) is 47.5 Å². The summed E-state index contributed by atoms with van der Waals surface area (Å²) in [6, 6.07) is 14.8. The molecular formula is C24H22Cl2N4O2. The number of amides is 2.